The molecule has 0 radical (unpaired) electrons. The van der Waals surface area contributed by atoms with Gasteiger partial charge in [0.1, 0.15) is 6.10 Å². The molecule has 35 heavy (non-hydrogen) atoms. The summed E-state index contributed by atoms with van der Waals surface area (Å²) in [5, 5.41) is 14.0. The van der Waals surface area contributed by atoms with E-state index < -0.39 is 64.6 Å². The van der Waals surface area contributed by atoms with Crippen LogP contribution in [0.5, 0.6) is 5.75 Å². The molecule has 4 atom stereocenters. The maximum Gasteiger partial charge on any atom is 0.417 e. The highest BCUT2D eigenvalue weighted by atomic mass is 19.4. The molecule has 0 aliphatic carbocycles. The van der Waals surface area contributed by atoms with Crippen molar-refractivity contribution in [1.82, 2.24) is 0 Å². The van der Waals surface area contributed by atoms with Gasteiger partial charge in [-0.3, -0.25) is 9.59 Å². The van der Waals surface area contributed by atoms with Crippen LogP contribution in [0.2, 0.25) is 0 Å². The number of halogens is 5. The first-order chi connectivity index (χ1) is 16.2. The highest BCUT2D eigenvalue weighted by molar-refractivity contribution is 5.97. The maximum atomic E-state index is 14.5. The van der Waals surface area contributed by atoms with Gasteiger partial charge in [-0.1, -0.05) is 13.0 Å². The number of nitrogens with zero attached hydrogens (tertiary/aromatic N) is 1. The lowest BCUT2D eigenvalue weighted by Gasteiger charge is -2.32. The van der Waals surface area contributed by atoms with Crippen molar-refractivity contribution in [3.05, 3.63) is 58.6 Å². The van der Waals surface area contributed by atoms with Crippen molar-refractivity contribution >= 4 is 17.5 Å². The van der Waals surface area contributed by atoms with Crippen molar-refractivity contribution < 1.29 is 45.7 Å². The Morgan fingerprint density at radius 2 is 1.94 bits per heavy atom. The zero-order chi connectivity index (χ0) is 26.3. The van der Waals surface area contributed by atoms with Gasteiger partial charge in [-0.05, 0) is 19.9 Å². The molecule has 1 aliphatic heterocycles. The Morgan fingerprint density at radius 1 is 1.29 bits per heavy atom. The molecule has 1 aromatic heterocycles. The number of carbonyl (C=O) groups excluding carboxylic acids is 2. The number of hydrogen-bond acceptors (Lipinski definition) is 5. The smallest absolute Gasteiger partial charge is 0.417 e. The number of benzene rings is 1. The molecule has 0 unspecified atom stereocenters. The predicted molar refractivity (Wildman–Crippen MR) is 111 cm³/mol. The molecule has 2 heterocycles. The van der Waals surface area contributed by atoms with Crippen LogP contribution in [0.15, 0.2) is 30.5 Å². The molecule has 3 rings (SSSR count). The van der Waals surface area contributed by atoms with Crippen LogP contribution in [0.25, 0.3) is 0 Å². The second-order valence-corrected chi connectivity index (χ2v) is 8.15. The fourth-order valence-electron chi connectivity index (χ4n) is 4.08. The van der Waals surface area contributed by atoms with Gasteiger partial charge in [-0.15, -0.1) is 0 Å². The number of carbonyl (C=O) groups is 2. The van der Waals surface area contributed by atoms with Gasteiger partial charge in [0.05, 0.1) is 12.3 Å². The first kappa shape index (κ1) is 26.1. The number of nitrogens with two attached hydrogens (primary N) is 1. The number of rotatable bonds is 6. The molecular formula is C22H22F5N3O5. The van der Waals surface area contributed by atoms with Crippen molar-refractivity contribution in [2.45, 2.75) is 44.6 Å². The van der Waals surface area contributed by atoms with Crippen LogP contribution in [-0.2, 0) is 9.53 Å². The molecule has 0 saturated carbocycles. The average molecular weight is 503 g/mol. The van der Waals surface area contributed by atoms with Gasteiger partial charge in [0.2, 0.25) is 5.82 Å². The van der Waals surface area contributed by atoms with E-state index in [4.69, 9.17) is 15.2 Å². The Labute approximate surface area is 196 Å². The monoisotopic (exact) mass is 503 g/mol. The van der Waals surface area contributed by atoms with Gasteiger partial charge in [-0.25, -0.2) is 4.39 Å². The summed E-state index contributed by atoms with van der Waals surface area (Å²) in [5.74, 6) is -8.36. The van der Waals surface area contributed by atoms with E-state index in [1.165, 1.54) is 13.8 Å². The van der Waals surface area contributed by atoms with Gasteiger partial charge in [0.15, 0.2) is 23.4 Å². The summed E-state index contributed by atoms with van der Waals surface area (Å²) in [6, 6.07) is 3.80. The summed E-state index contributed by atoms with van der Waals surface area (Å²) >= 11 is 0. The van der Waals surface area contributed by atoms with E-state index in [-0.39, 0.29) is 22.6 Å². The Kier molecular flexibility index (Phi) is 6.93. The second kappa shape index (κ2) is 9.29. The van der Waals surface area contributed by atoms with Crippen molar-refractivity contribution in [2.24, 2.45) is 11.7 Å². The van der Waals surface area contributed by atoms with Crippen LogP contribution in [0.1, 0.15) is 42.7 Å². The fourth-order valence-corrected chi connectivity index (χ4v) is 4.08. The molecule has 2 amide bonds. The van der Waals surface area contributed by atoms with Gasteiger partial charge in [0.25, 0.3) is 11.6 Å². The largest absolute Gasteiger partial charge is 0.618 e. The molecule has 1 saturated heterocycles. The molecule has 2 aromatic rings. The van der Waals surface area contributed by atoms with Crippen LogP contribution >= 0.6 is 0 Å². The summed E-state index contributed by atoms with van der Waals surface area (Å²) in [7, 11) is 0. The van der Waals surface area contributed by atoms with Gasteiger partial charge in [-0.2, -0.15) is 22.3 Å². The highest BCUT2D eigenvalue weighted by Gasteiger charge is 2.66. The number of nitrogens with one attached hydrogen (secondary N) is 1. The van der Waals surface area contributed by atoms with Crippen LogP contribution in [0.4, 0.5) is 27.6 Å². The number of primary amides is 1. The van der Waals surface area contributed by atoms with E-state index >= 15 is 0 Å². The quantitative estimate of drug-likeness (QED) is 0.357. The Morgan fingerprint density at radius 3 is 2.51 bits per heavy atom. The molecule has 13 heteroatoms. The number of aromatic nitrogens is 1. The van der Waals surface area contributed by atoms with Crippen molar-refractivity contribution in [2.75, 3.05) is 11.9 Å². The second-order valence-electron chi connectivity index (χ2n) is 8.15. The van der Waals surface area contributed by atoms with Gasteiger partial charge in [0, 0.05) is 29.5 Å². The van der Waals surface area contributed by atoms with Crippen LogP contribution < -0.4 is 20.5 Å². The average Bonchev–Trinajstić information content (AvgIpc) is 3.05. The molecule has 1 fully saturated rings. The summed E-state index contributed by atoms with van der Waals surface area (Å²) in [6.07, 6.45) is -5.89. The molecule has 1 aliphatic rings. The maximum absolute atomic E-state index is 14.5. The summed E-state index contributed by atoms with van der Waals surface area (Å²) < 4.78 is 81.1. The number of pyridine rings is 1. The van der Waals surface area contributed by atoms with Crippen molar-refractivity contribution in [1.29, 1.82) is 0 Å². The molecule has 3 N–H and O–H groups in total. The summed E-state index contributed by atoms with van der Waals surface area (Å²) in [4.78, 5) is 24.5. The predicted octanol–water partition coefficient (Wildman–Crippen LogP) is 3.17. The number of alkyl halides is 3. The molecule has 8 nitrogen and oxygen atoms in total. The van der Waals surface area contributed by atoms with Gasteiger partial charge < -0.3 is 25.7 Å². The molecule has 0 bridgehead atoms. The van der Waals surface area contributed by atoms with Gasteiger partial charge >= 0.3 is 12.1 Å². The lowest BCUT2D eigenvalue weighted by molar-refractivity contribution is -0.607. The first-order valence-electron chi connectivity index (χ1n) is 10.4. The number of hydrogen-bond donors (Lipinski definition) is 2. The minimum atomic E-state index is -4.93. The van der Waals surface area contributed by atoms with Crippen LogP contribution in [0.3, 0.4) is 0 Å². The Bertz CT molecular complexity index is 1160. The van der Waals surface area contributed by atoms with Crippen molar-refractivity contribution in [3.8, 4) is 5.75 Å². The first-order valence-corrected chi connectivity index (χ1v) is 10.4. The van der Waals surface area contributed by atoms with E-state index in [2.05, 4.69) is 5.32 Å². The lowest BCUT2D eigenvalue weighted by Crippen LogP contribution is -2.47. The third-order valence-electron chi connectivity index (χ3n) is 6.09. The normalized spacial score (nSPS) is 24.3. The van der Waals surface area contributed by atoms with E-state index in [9.17, 15) is 36.7 Å². The number of amides is 2. The van der Waals surface area contributed by atoms with E-state index in [1.807, 2.05) is 0 Å². The standard InChI is InChI=1S/C22H22F5N3O5/c1-4-34-17-12(5-6-13(23)16(17)24)15-10(2)21(3,22(25,26)27)35-18(15)20(32)29-11-7-8-30(33)14(9-11)19(28)31/h5-10,15,18H,4H2,1-3H3,(H2,28,31)(H,29,32)/t10-,15+,18-,21-/m0/s1. The fraction of sp³-hybridized carbons (Fsp3) is 0.409. The lowest BCUT2D eigenvalue weighted by atomic mass is 9.77. The number of anilines is 1. The Hall–Kier alpha value is -3.48. The SMILES string of the molecule is CCOc1c([C@@H]2[C@@H](C(=O)Nc3cc[n+]([O-])c(C(N)=O)c3)O[C@](C)(C(F)(F)F)[C@H]2C)ccc(F)c1F. The minimum Gasteiger partial charge on any atom is -0.618 e. The molecule has 1 aromatic carbocycles. The zero-order valence-corrected chi connectivity index (χ0v) is 18.8. The number of ether oxygens (including phenoxy) is 2. The third kappa shape index (κ3) is 4.59. The summed E-state index contributed by atoms with van der Waals surface area (Å²) in [5.41, 5.74) is 1.44. The Balaban J connectivity index is 2.09. The summed E-state index contributed by atoms with van der Waals surface area (Å²) in [6.45, 7) is 3.28. The zero-order valence-electron chi connectivity index (χ0n) is 18.8. The molecule has 0 spiro atoms. The minimum absolute atomic E-state index is 0.123. The molecular weight excluding hydrogens is 481 g/mol. The highest BCUT2D eigenvalue weighted by Crippen LogP contribution is 2.55. The topological polar surface area (TPSA) is 118 Å². The van der Waals surface area contributed by atoms with E-state index in [1.54, 1.807) is 0 Å². The van der Waals surface area contributed by atoms with Crippen LogP contribution in [-0.4, -0.2) is 36.3 Å². The van der Waals surface area contributed by atoms with E-state index in [0.29, 0.717) is 0 Å². The van der Waals surface area contributed by atoms with Crippen LogP contribution in [0, 0.1) is 22.8 Å². The van der Waals surface area contributed by atoms with Crippen molar-refractivity contribution in [3.63, 3.8) is 0 Å². The molecule has 190 valence electrons. The third-order valence-corrected chi connectivity index (χ3v) is 6.09. The van der Waals surface area contributed by atoms with E-state index in [0.717, 1.165) is 37.4 Å².